The number of aliphatic carboxylic acids is 1. The molecule has 2 N–H and O–H groups in total. The predicted molar refractivity (Wildman–Crippen MR) is 82.4 cm³/mol. The van der Waals surface area contributed by atoms with Crippen molar-refractivity contribution in [3.8, 4) is 11.5 Å². The van der Waals surface area contributed by atoms with Crippen LogP contribution in [0.5, 0.6) is 11.5 Å². The van der Waals surface area contributed by atoms with Gasteiger partial charge in [-0.1, -0.05) is 18.2 Å². The second kappa shape index (κ2) is 5.73. The van der Waals surface area contributed by atoms with Gasteiger partial charge in [0.25, 0.3) is 0 Å². The summed E-state index contributed by atoms with van der Waals surface area (Å²) in [5, 5.41) is 9.26. The van der Waals surface area contributed by atoms with Gasteiger partial charge in [0.05, 0.1) is 6.42 Å². The van der Waals surface area contributed by atoms with Gasteiger partial charge in [-0.2, -0.15) is 0 Å². The average molecular weight is 295 g/mol. The number of hydrogen-bond acceptors (Lipinski definition) is 3. The molecule has 1 heterocycles. The van der Waals surface area contributed by atoms with Crippen molar-refractivity contribution >= 4 is 16.9 Å². The van der Waals surface area contributed by atoms with Gasteiger partial charge in [-0.05, 0) is 30.3 Å². The molecule has 0 aliphatic carbocycles. The van der Waals surface area contributed by atoms with Crippen LogP contribution in [0, 0.1) is 0 Å². The van der Waals surface area contributed by atoms with Crippen LogP contribution in [-0.2, 0) is 11.2 Å². The number of nitrogens with one attached hydrogen (secondary N) is 1. The summed E-state index contributed by atoms with van der Waals surface area (Å²) < 4.78 is 5.69. The largest absolute Gasteiger partial charge is 0.481 e. The van der Waals surface area contributed by atoms with Crippen LogP contribution >= 0.6 is 0 Å². The molecule has 0 bridgehead atoms. The highest BCUT2D eigenvalue weighted by Gasteiger charge is 2.07. The van der Waals surface area contributed by atoms with Crippen molar-refractivity contribution in [3.05, 3.63) is 70.5 Å². The first-order valence-electron chi connectivity index (χ1n) is 6.72. The van der Waals surface area contributed by atoms with Gasteiger partial charge in [-0.25, -0.2) is 0 Å². The second-order valence-corrected chi connectivity index (χ2v) is 4.85. The molecule has 0 amide bonds. The molecule has 3 aromatic rings. The third-order valence-corrected chi connectivity index (χ3v) is 3.18. The molecule has 0 spiro atoms. The minimum Gasteiger partial charge on any atom is -0.481 e. The minimum atomic E-state index is -0.987. The van der Waals surface area contributed by atoms with Gasteiger partial charge < -0.3 is 14.8 Å². The number of H-pyrrole nitrogens is 1. The summed E-state index contributed by atoms with van der Waals surface area (Å²) in [5.41, 5.74) is 0.731. The molecule has 5 nitrogen and oxygen atoms in total. The smallest absolute Gasteiger partial charge is 0.309 e. The lowest BCUT2D eigenvalue weighted by atomic mass is 10.1. The minimum absolute atomic E-state index is 0.215. The van der Waals surface area contributed by atoms with E-state index in [9.17, 15) is 9.59 Å². The van der Waals surface area contributed by atoms with E-state index in [0.717, 1.165) is 0 Å². The van der Waals surface area contributed by atoms with E-state index in [4.69, 9.17) is 9.84 Å². The standard InChI is InChI=1S/C17H13NO4/c19-16-8-11(9-17(20)21)18-15-7-6-13(10-14(15)16)22-12-4-2-1-3-5-12/h1-8,10H,9H2,(H,18,19)(H,20,21). The first-order chi connectivity index (χ1) is 10.6. The lowest BCUT2D eigenvalue weighted by Crippen LogP contribution is -2.09. The number of para-hydroxylation sites is 1. The molecule has 0 radical (unpaired) electrons. The zero-order valence-electron chi connectivity index (χ0n) is 11.6. The zero-order chi connectivity index (χ0) is 15.5. The van der Waals surface area contributed by atoms with E-state index in [1.165, 1.54) is 6.07 Å². The Bertz CT molecular complexity index is 884. The summed E-state index contributed by atoms with van der Waals surface area (Å²) in [6, 6.07) is 15.7. The van der Waals surface area contributed by atoms with Crippen molar-refractivity contribution in [1.29, 1.82) is 0 Å². The van der Waals surface area contributed by atoms with E-state index in [1.807, 2.05) is 30.3 Å². The van der Waals surface area contributed by atoms with E-state index in [1.54, 1.807) is 18.2 Å². The van der Waals surface area contributed by atoms with Crippen molar-refractivity contribution in [3.63, 3.8) is 0 Å². The summed E-state index contributed by atoms with van der Waals surface area (Å²) in [5.74, 6) is 0.245. The number of rotatable bonds is 4. The van der Waals surface area contributed by atoms with Gasteiger partial charge in [0.15, 0.2) is 5.43 Å². The number of ether oxygens (including phenoxy) is 1. The van der Waals surface area contributed by atoms with E-state index >= 15 is 0 Å². The Kier molecular flexibility index (Phi) is 3.62. The molecule has 0 atom stereocenters. The van der Waals surface area contributed by atoms with Crippen LogP contribution in [0.3, 0.4) is 0 Å². The normalized spacial score (nSPS) is 10.5. The molecule has 110 valence electrons. The number of benzene rings is 2. The second-order valence-electron chi connectivity index (χ2n) is 4.85. The number of fused-ring (bicyclic) bond motifs is 1. The maximum atomic E-state index is 12.1. The monoisotopic (exact) mass is 295 g/mol. The predicted octanol–water partition coefficient (Wildman–Crippen LogP) is 2.95. The Balaban J connectivity index is 1.98. The highest BCUT2D eigenvalue weighted by atomic mass is 16.5. The molecule has 0 saturated heterocycles. The number of carboxylic acids is 1. The first-order valence-corrected chi connectivity index (χ1v) is 6.72. The van der Waals surface area contributed by atoms with Gasteiger partial charge in [-0.15, -0.1) is 0 Å². The molecule has 3 rings (SSSR count). The number of aromatic amines is 1. The molecule has 2 aromatic carbocycles. The Morgan fingerprint density at radius 3 is 2.55 bits per heavy atom. The molecular weight excluding hydrogens is 282 g/mol. The lowest BCUT2D eigenvalue weighted by molar-refractivity contribution is -0.136. The number of pyridine rings is 1. The third kappa shape index (κ3) is 2.98. The third-order valence-electron chi connectivity index (χ3n) is 3.18. The molecular formula is C17H13NO4. The summed E-state index contributed by atoms with van der Waals surface area (Å²) in [6.45, 7) is 0. The molecule has 0 aliphatic rings. The molecule has 0 unspecified atom stereocenters. The van der Waals surface area contributed by atoms with Gasteiger partial charge in [-0.3, -0.25) is 9.59 Å². The molecule has 5 heteroatoms. The summed E-state index contributed by atoms with van der Waals surface area (Å²) >= 11 is 0. The van der Waals surface area contributed by atoms with Gasteiger partial charge in [0.2, 0.25) is 0 Å². The Hall–Kier alpha value is -3.08. The van der Waals surface area contributed by atoms with Crippen LogP contribution < -0.4 is 10.2 Å². The highest BCUT2D eigenvalue weighted by molar-refractivity contribution is 5.81. The SMILES string of the molecule is O=C(O)Cc1cc(=O)c2cc(Oc3ccccc3)ccc2[nH]1. The summed E-state index contributed by atoms with van der Waals surface area (Å²) in [6.07, 6.45) is -0.215. The molecule has 22 heavy (non-hydrogen) atoms. The molecule has 0 saturated carbocycles. The Morgan fingerprint density at radius 1 is 1.05 bits per heavy atom. The van der Waals surface area contributed by atoms with E-state index < -0.39 is 5.97 Å². The van der Waals surface area contributed by atoms with Crippen LogP contribution in [0.15, 0.2) is 59.4 Å². The van der Waals surface area contributed by atoms with Crippen molar-refractivity contribution < 1.29 is 14.6 Å². The Morgan fingerprint density at radius 2 is 1.82 bits per heavy atom. The summed E-state index contributed by atoms with van der Waals surface area (Å²) in [7, 11) is 0. The van der Waals surface area contributed by atoms with E-state index in [2.05, 4.69) is 4.98 Å². The molecule has 0 fully saturated rings. The van der Waals surface area contributed by atoms with Crippen molar-refractivity contribution in [2.24, 2.45) is 0 Å². The maximum absolute atomic E-state index is 12.1. The van der Waals surface area contributed by atoms with Crippen molar-refractivity contribution in [2.75, 3.05) is 0 Å². The average Bonchev–Trinajstić information content (AvgIpc) is 2.48. The summed E-state index contributed by atoms with van der Waals surface area (Å²) in [4.78, 5) is 25.8. The van der Waals surface area contributed by atoms with E-state index in [-0.39, 0.29) is 11.8 Å². The van der Waals surface area contributed by atoms with Gasteiger partial charge in [0.1, 0.15) is 11.5 Å². The quantitative estimate of drug-likeness (QED) is 0.775. The zero-order valence-corrected chi connectivity index (χ0v) is 11.6. The van der Waals surface area contributed by atoms with Crippen LogP contribution in [0.1, 0.15) is 5.69 Å². The topological polar surface area (TPSA) is 79.4 Å². The van der Waals surface area contributed by atoms with Crippen LogP contribution in [-0.4, -0.2) is 16.1 Å². The van der Waals surface area contributed by atoms with E-state index in [0.29, 0.717) is 28.1 Å². The highest BCUT2D eigenvalue weighted by Crippen LogP contribution is 2.23. The number of aromatic nitrogens is 1. The van der Waals surface area contributed by atoms with Crippen LogP contribution in [0.25, 0.3) is 10.9 Å². The van der Waals surface area contributed by atoms with Crippen LogP contribution in [0.2, 0.25) is 0 Å². The maximum Gasteiger partial charge on any atom is 0.309 e. The van der Waals surface area contributed by atoms with Crippen molar-refractivity contribution in [1.82, 2.24) is 4.98 Å². The first kappa shape index (κ1) is 13.9. The lowest BCUT2D eigenvalue weighted by Gasteiger charge is -2.07. The fourth-order valence-corrected chi connectivity index (χ4v) is 2.23. The fraction of sp³-hybridized carbons (Fsp3) is 0.0588. The fourth-order valence-electron chi connectivity index (χ4n) is 2.23. The van der Waals surface area contributed by atoms with Gasteiger partial charge in [0, 0.05) is 22.7 Å². The number of carbonyl (C=O) groups is 1. The molecule has 0 aliphatic heterocycles. The molecule has 1 aromatic heterocycles. The van der Waals surface area contributed by atoms with Gasteiger partial charge >= 0.3 is 5.97 Å². The van der Waals surface area contributed by atoms with Crippen molar-refractivity contribution in [2.45, 2.75) is 6.42 Å². The number of carboxylic acid groups (broad SMARTS) is 1. The van der Waals surface area contributed by atoms with Crippen LogP contribution in [0.4, 0.5) is 0 Å². The number of hydrogen-bond donors (Lipinski definition) is 2. The Labute approximate surface area is 125 Å².